The summed E-state index contributed by atoms with van der Waals surface area (Å²) in [7, 11) is 0. The zero-order valence-corrected chi connectivity index (χ0v) is 9.64. The molecule has 78 valence electrons. The average Bonchev–Trinajstić information content (AvgIpc) is 2.03. The molecule has 1 nitrogen and oxygen atoms in total. The highest BCUT2D eigenvalue weighted by molar-refractivity contribution is 6.18. The summed E-state index contributed by atoms with van der Waals surface area (Å²) < 4.78 is 0. The second kappa shape index (κ2) is 4.18. The van der Waals surface area contributed by atoms with Crippen LogP contribution >= 0.6 is 11.6 Å². The second-order valence-electron chi connectivity index (χ2n) is 5.16. The summed E-state index contributed by atoms with van der Waals surface area (Å²) in [6.07, 6.45) is 3.02. The van der Waals surface area contributed by atoms with Crippen molar-refractivity contribution in [2.24, 2.45) is 17.3 Å². The predicted molar refractivity (Wildman–Crippen MR) is 57.0 cm³/mol. The van der Waals surface area contributed by atoms with Crippen molar-refractivity contribution in [3.63, 3.8) is 0 Å². The van der Waals surface area contributed by atoms with Gasteiger partial charge in [0.1, 0.15) is 0 Å². The number of aliphatic hydroxyl groups excluding tert-OH is 1. The zero-order valence-electron chi connectivity index (χ0n) is 8.89. The molecule has 3 unspecified atom stereocenters. The van der Waals surface area contributed by atoms with Gasteiger partial charge in [-0.25, -0.2) is 0 Å². The summed E-state index contributed by atoms with van der Waals surface area (Å²) in [5, 5.41) is 9.95. The number of hydrogen-bond acceptors (Lipinski definition) is 1. The van der Waals surface area contributed by atoms with Gasteiger partial charge < -0.3 is 5.11 Å². The lowest BCUT2D eigenvalue weighted by atomic mass is 9.68. The second-order valence-corrected chi connectivity index (χ2v) is 5.43. The van der Waals surface area contributed by atoms with Crippen LogP contribution in [0.5, 0.6) is 0 Å². The summed E-state index contributed by atoms with van der Waals surface area (Å²) >= 11 is 5.90. The van der Waals surface area contributed by atoms with Crippen molar-refractivity contribution < 1.29 is 5.11 Å². The Hall–Kier alpha value is 0.250. The third-order valence-corrected chi connectivity index (χ3v) is 4.10. The Balaban J connectivity index is 2.56. The minimum Gasteiger partial charge on any atom is -0.393 e. The first kappa shape index (κ1) is 11.3. The number of rotatable bonds is 2. The van der Waals surface area contributed by atoms with Crippen molar-refractivity contribution in [1.82, 2.24) is 0 Å². The number of hydrogen-bond donors (Lipinski definition) is 1. The molecule has 1 N–H and O–H groups in total. The van der Waals surface area contributed by atoms with Crippen molar-refractivity contribution in [3.8, 4) is 0 Å². The van der Waals surface area contributed by atoms with E-state index in [1.54, 1.807) is 0 Å². The van der Waals surface area contributed by atoms with E-state index in [0.717, 1.165) is 19.3 Å². The van der Waals surface area contributed by atoms with Crippen molar-refractivity contribution in [2.45, 2.75) is 46.1 Å². The van der Waals surface area contributed by atoms with E-state index >= 15 is 0 Å². The van der Waals surface area contributed by atoms with Crippen LogP contribution in [0.2, 0.25) is 0 Å². The maximum atomic E-state index is 9.95. The Morgan fingerprint density at radius 2 is 2.15 bits per heavy atom. The van der Waals surface area contributed by atoms with Gasteiger partial charge >= 0.3 is 0 Å². The molecule has 0 aliphatic heterocycles. The van der Waals surface area contributed by atoms with E-state index < -0.39 is 0 Å². The Kier molecular flexibility index (Phi) is 3.64. The minimum absolute atomic E-state index is 0.141. The van der Waals surface area contributed by atoms with Gasteiger partial charge in [-0.3, -0.25) is 0 Å². The van der Waals surface area contributed by atoms with E-state index in [2.05, 4.69) is 20.8 Å². The van der Waals surface area contributed by atoms with Crippen LogP contribution in [-0.2, 0) is 0 Å². The summed E-state index contributed by atoms with van der Waals surface area (Å²) in [6, 6.07) is 0. The lowest BCUT2D eigenvalue weighted by Gasteiger charge is -2.41. The van der Waals surface area contributed by atoms with Gasteiger partial charge in [-0.2, -0.15) is 0 Å². The molecular weight excluding hydrogens is 184 g/mol. The number of alkyl halides is 1. The first-order valence-electron chi connectivity index (χ1n) is 5.22. The van der Waals surface area contributed by atoms with E-state index in [1.807, 2.05) is 0 Å². The first-order chi connectivity index (χ1) is 5.98. The van der Waals surface area contributed by atoms with Gasteiger partial charge in [-0.05, 0) is 36.5 Å². The topological polar surface area (TPSA) is 20.2 Å². The van der Waals surface area contributed by atoms with Gasteiger partial charge in [0.2, 0.25) is 0 Å². The summed E-state index contributed by atoms with van der Waals surface area (Å²) in [4.78, 5) is 0. The average molecular weight is 205 g/mol. The lowest BCUT2D eigenvalue weighted by Crippen LogP contribution is -2.38. The van der Waals surface area contributed by atoms with Gasteiger partial charge in [0.25, 0.3) is 0 Å². The van der Waals surface area contributed by atoms with Crippen LogP contribution in [0.3, 0.4) is 0 Å². The van der Waals surface area contributed by atoms with Gasteiger partial charge in [-0.1, -0.05) is 20.8 Å². The zero-order chi connectivity index (χ0) is 10.1. The van der Waals surface area contributed by atoms with E-state index in [-0.39, 0.29) is 11.5 Å². The standard InChI is InChI=1S/C11H21ClO/c1-8(2)9-4-5-11(3,7-12)6-10(9)13/h8-10,13H,4-7H2,1-3H3. The highest BCUT2D eigenvalue weighted by atomic mass is 35.5. The third-order valence-electron chi connectivity index (χ3n) is 3.46. The molecule has 13 heavy (non-hydrogen) atoms. The van der Waals surface area contributed by atoms with Crippen LogP contribution in [0.25, 0.3) is 0 Å². The van der Waals surface area contributed by atoms with E-state index in [1.165, 1.54) is 0 Å². The summed E-state index contributed by atoms with van der Waals surface area (Å²) in [6.45, 7) is 6.56. The lowest BCUT2D eigenvalue weighted by molar-refractivity contribution is -0.00205. The molecule has 0 aromatic rings. The van der Waals surface area contributed by atoms with Gasteiger partial charge in [-0.15, -0.1) is 11.6 Å². The molecule has 0 aromatic heterocycles. The molecule has 0 spiro atoms. The Bertz CT molecular complexity index is 169. The van der Waals surface area contributed by atoms with Gasteiger partial charge in [0.15, 0.2) is 0 Å². The van der Waals surface area contributed by atoms with Crippen LogP contribution in [0.4, 0.5) is 0 Å². The molecule has 2 heteroatoms. The molecule has 0 bridgehead atoms. The molecule has 0 radical (unpaired) electrons. The quantitative estimate of drug-likeness (QED) is 0.686. The van der Waals surface area contributed by atoms with Crippen LogP contribution in [-0.4, -0.2) is 17.1 Å². The van der Waals surface area contributed by atoms with Gasteiger partial charge in [0.05, 0.1) is 6.10 Å². The summed E-state index contributed by atoms with van der Waals surface area (Å²) in [5.41, 5.74) is 0.173. The molecule has 1 saturated carbocycles. The predicted octanol–water partition coefficient (Wildman–Crippen LogP) is 3.05. The van der Waals surface area contributed by atoms with E-state index in [4.69, 9.17) is 11.6 Å². The van der Waals surface area contributed by atoms with Gasteiger partial charge in [0, 0.05) is 5.88 Å². The fraction of sp³-hybridized carbons (Fsp3) is 1.00. The largest absolute Gasteiger partial charge is 0.393 e. The Labute approximate surface area is 86.5 Å². The highest BCUT2D eigenvalue weighted by Crippen LogP contribution is 2.41. The minimum atomic E-state index is -0.141. The van der Waals surface area contributed by atoms with E-state index in [9.17, 15) is 5.11 Å². The molecule has 1 aliphatic carbocycles. The smallest absolute Gasteiger partial charge is 0.0576 e. The van der Waals surface area contributed by atoms with Crippen molar-refractivity contribution in [3.05, 3.63) is 0 Å². The molecular formula is C11H21ClO. The van der Waals surface area contributed by atoms with Crippen LogP contribution in [0.1, 0.15) is 40.0 Å². The fourth-order valence-electron chi connectivity index (χ4n) is 2.36. The molecule has 0 aromatic carbocycles. The Morgan fingerprint density at radius 3 is 2.54 bits per heavy atom. The van der Waals surface area contributed by atoms with Crippen LogP contribution in [0, 0.1) is 17.3 Å². The number of aliphatic hydroxyl groups is 1. The van der Waals surface area contributed by atoms with Crippen molar-refractivity contribution >= 4 is 11.6 Å². The van der Waals surface area contributed by atoms with Crippen molar-refractivity contribution in [2.75, 3.05) is 5.88 Å². The molecule has 3 atom stereocenters. The maximum Gasteiger partial charge on any atom is 0.0576 e. The summed E-state index contributed by atoms with van der Waals surface area (Å²) in [5.74, 6) is 1.75. The fourth-order valence-corrected chi connectivity index (χ4v) is 2.61. The molecule has 0 heterocycles. The molecule has 0 saturated heterocycles. The number of halogens is 1. The molecule has 0 amide bonds. The molecule has 1 aliphatic rings. The van der Waals surface area contributed by atoms with E-state index in [0.29, 0.717) is 17.7 Å². The van der Waals surface area contributed by atoms with Crippen LogP contribution in [0.15, 0.2) is 0 Å². The van der Waals surface area contributed by atoms with Crippen molar-refractivity contribution in [1.29, 1.82) is 0 Å². The van der Waals surface area contributed by atoms with Crippen LogP contribution < -0.4 is 0 Å². The highest BCUT2D eigenvalue weighted by Gasteiger charge is 2.37. The first-order valence-corrected chi connectivity index (χ1v) is 5.76. The monoisotopic (exact) mass is 204 g/mol. The molecule has 1 rings (SSSR count). The third kappa shape index (κ3) is 2.60. The maximum absolute atomic E-state index is 9.95. The normalized spacial score (nSPS) is 41.1. The SMILES string of the molecule is CC(C)C1CCC(C)(CCl)CC1O. The molecule has 1 fully saturated rings. The Morgan fingerprint density at radius 1 is 1.54 bits per heavy atom.